The molecule has 2 aliphatic heterocycles. The van der Waals surface area contributed by atoms with Gasteiger partial charge in [0, 0.05) is 12.6 Å². The van der Waals surface area contributed by atoms with Crippen molar-refractivity contribution in [3.63, 3.8) is 0 Å². The van der Waals surface area contributed by atoms with Crippen LogP contribution >= 0.6 is 12.4 Å². The van der Waals surface area contributed by atoms with Gasteiger partial charge in [0.15, 0.2) is 0 Å². The molecule has 2 saturated heterocycles. The number of nitrogens with one attached hydrogen (secondary N) is 2. The average Bonchev–Trinajstić information content (AvgIpc) is 2.89. The summed E-state index contributed by atoms with van der Waals surface area (Å²) in [6.45, 7) is 5.65. The number of carbonyl (C=O) groups excluding carboxylic acids is 2. The Morgan fingerprint density at radius 2 is 2.17 bits per heavy atom. The quantitative estimate of drug-likeness (QED) is 0.778. The van der Waals surface area contributed by atoms with E-state index in [9.17, 15) is 9.59 Å². The highest BCUT2D eigenvalue weighted by Gasteiger charge is 2.35. The zero-order chi connectivity index (χ0) is 12.4. The van der Waals surface area contributed by atoms with Crippen LogP contribution in [0, 0.1) is 0 Å². The van der Waals surface area contributed by atoms with Gasteiger partial charge in [0.2, 0.25) is 11.8 Å². The van der Waals surface area contributed by atoms with Gasteiger partial charge in [-0.2, -0.15) is 0 Å². The largest absolute Gasteiger partial charge is 0.343 e. The van der Waals surface area contributed by atoms with Gasteiger partial charge in [0.25, 0.3) is 0 Å². The number of hydrogen-bond acceptors (Lipinski definition) is 3. The van der Waals surface area contributed by atoms with E-state index in [1.807, 2.05) is 18.7 Å². The molecule has 0 spiro atoms. The summed E-state index contributed by atoms with van der Waals surface area (Å²) >= 11 is 0. The van der Waals surface area contributed by atoms with Gasteiger partial charge in [-0.05, 0) is 39.7 Å². The number of nitrogens with zero attached hydrogens (tertiary/aromatic N) is 1. The number of hydrogen-bond donors (Lipinski definition) is 2. The smallest absolute Gasteiger partial charge is 0.245 e. The molecule has 2 heterocycles. The maximum atomic E-state index is 12.0. The Labute approximate surface area is 114 Å². The molecular formula is C12H22ClN3O2. The SMILES string of the molecule is CC(C)N1CCC(NC(=O)C2CCCN2)C1=O.Cl. The summed E-state index contributed by atoms with van der Waals surface area (Å²) in [5.74, 6) is 0.0396. The van der Waals surface area contributed by atoms with Crippen LogP contribution in [0.1, 0.15) is 33.1 Å². The fourth-order valence-corrected chi connectivity index (χ4v) is 2.53. The molecule has 6 heteroatoms. The van der Waals surface area contributed by atoms with E-state index in [0.29, 0.717) is 0 Å². The van der Waals surface area contributed by atoms with E-state index in [1.54, 1.807) is 0 Å². The Morgan fingerprint density at radius 3 is 2.67 bits per heavy atom. The highest BCUT2D eigenvalue weighted by atomic mass is 35.5. The van der Waals surface area contributed by atoms with Gasteiger partial charge < -0.3 is 15.5 Å². The Hall–Kier alpha value is -0.810. The van der Waals surface area contributed by atoms with E-state index < -0.39 is 0 Å². The normalized spacial score (nSPS) is 27.5. The summed E-state index contributed by atoms with van der Waals surface area (Å²) in [5, 5.41) is 6.00. The summed E-state index contributed by atoms with van der Waals surface area (Å²) in [6, 6.07) is -0.197. The average molecular weight is 276 g/mol. The first kappa shape index (κ1) is 15.2. The zero-order valence-corrected chi connectivity index (χ0v) is 11.8. The van der Waals surface area contributed by atoms with E-state index in [4.69, 9.17) is 0 Å². The van der Waals surface area contributed by atoms with Crippen molar-refractivity contribution >= 4 is 24.2 Å². The Balaban J connectivity index is 0.00000162. The van der Waals surface area contributed by atoms with Crippen LogP contribution in [0.2, 0.25) is 0 Å². The van der Waals surface area contributed by atoms with Gasteiger partial charge in [-0.25, -0.2) is 0 Å². The topological polar surface area (TPSA) is 61.4 Å². The summed E-state index contributed by atoms with van der Waals surface area (Å²) in [5.41, 5.74) is 0. The molecule has 2 rings (SSSR count). The van der Waals surface area contributed by atoms with E-state index in [2.05, 4.69) is 10.6 Å². The molecule has 0 bridgehead atoms. The predicted molar refractivity (Wildman–Crippen MR) is 71.7 cm³/mol. The molecule has 5 nitrogen and oxygen atoms in total. The van der Waals surface area contributed by atoms with Crippen LogP contribution in [-0.4, -0.2) is 47.9 Å². The standard InChI is InChI=1S/C12H21N3O2.ClH/c1-8(2)15-7-5-10(12(15)17)14-11(16)9-4-3-6-13-9;/h8-10,13H,3-7H2,1-2H3,(H,14,16);1H. The van der Waals surface area contributed by atoms with Crippen LogP contribution in [0.4, 0.5) is 0 Å². The lowest BCUT2D eigenvalue weighted by molar-refractivity contribution is -0.134. The van der Waals surface area contributed by atoms with Crippen molar-refractivity contribution in [2.24, 2.45) is 0 Å². The summed E-state index contributed by atoms with van der Waals surface area (Å²) in [6.07, 6.45) is 2.64. The molecule has 0 saturated carbocycles. The Morgan fingerprint density at radius 1 is 1.44 bits per heavy atom. The third kappa shape index (κ3) is 3.14. The third-order valence-corrected chi connectivity index (χ3v) is 3.56. The van der Waals surface area contributed by atoms with Gasteiger partial charge in [0.1, 0.15) is 6.04 Å². The van der Waals surface area contributed by atoms with Crippen LogP contribution in [-0.2, 0) is 9.59 Å². The van der Waals surface area contributed by atoms with Crippen LogP contribution in [0.3, 0.4) is 0 Å². The van der Waals surface area contributed by atoms with E-state index in [-0.39, 0.29) is 42.3 Å². The van der Waals surface area contributed by atoms with Crippen LogP contribution in [0.5, 0.6) is 0 Å². The van der Waals surface area contributed by atoms with Gasteiger partial charge in [0.05, 0.1) is 6.04 Å². The molecule has 2 atom stereocenters. The lowest BCUT2D eigenvalue weighted by Gasteiger charge is -2.21. The summed E-state index contributed by atoms with van der Waals surface area (Å²) in [7, 11) is 0. The molecule has 0 aliphatic carbocycles. The van der Waals surface area contributed by atoms with Crippen LogP contribution in [0.25, 0.3) is 0 Å². The number of amides is 2. The molecule has 18 heavy (non-hydrogen) atoms. The van der Waals surface area contributed by atoms with Crippen LogP contribution in [0.15, 0.2) is 0 Å². The maximum Gasteiger partial charge on any atom is 0.245 e. The van der Waals surface area contributed by atoms with Gasteiger partial charge >= 0.3 is 0 Å². The minimum atomic E-state index is -0.313. The van der Waals surface area contributed by atoms with Crippen LogP contribution < -0.4 is 10.6 Å². The van der Waals surface area contributed by atoms with Crippen molar-refractivity contribution in [1.82, 2.24) is 15.5 Å². The molecule has 2 fully saturated rings. The predicted octanol–water partition coefficient (Wildman–Crippen LogP) is 0.286. The third-order valence-electron chi connectivity index (χ3n) is 3.56. The maximum absolute atomic E-state index is 12.0. The van der Waals surface area contributed by atoms with E-state index in [0.717, 1.165) is 32.4 Å². The minimum Gasteiger partial charge on any atom is -0.343 e. The summed E-state index contributed by atoms with van der Waals surface area (Å²) < 4.78 is 0. The van der Waals surface area contributed by atoms with Gasteiger partial charge in [-0.15, -0.1) is 12.4 Å². The molecule has 2 N–H and O–H groups in total. The van der Waals surface area contributed by atoms with E-state index >= 15 is 0 Å². The van der Waals surface area contributed by atoms with Crippen molar-refractivity contribution in [1.29, 1.82) is 0 Å². The van der Waals surface area contributed by atoms with Crippen molar-refractivity contribution in [2.75, 3.05) is 13.1 Å². The number of likely N-dealkylation sites (tertiary alicyclic amines) is 1. The lowest BCUT2D eigenvalue weighted by atomic mass is 10.2. The lowest BCUT2D eigenvalue weighted by Crippen LogP contribution is -2.48. The molecule has 0 aromatic heterocycles. The highest BCUT2D eigenvalue weighted by Crippen LogP contribution is 2.15. The molecular weight excluding hydrogens is 254 g/mol. The fraction of sp³-hybridized carbons (Fsp3) is 0.833. The number of rotatable bonds is 3. The molecule has 2 amide bonds. The molecule has 104 valence electrons. The number of carbonyl (C=O) groups is 2. The second-order valence-corrected chi connectivity index (χ2v) is 5.12. The van der Waals surface area contributed by atoms with Crippen molar-refractivity contribution in [3.05, 3.63) is 0 Å². The molecule has 2 aliphatic rings. The number of halogens is 1. The molecule has 2 unspecified atom stereocenters. The first-order chi connectivity index (χ1) is 8.09. The van der Waals surface area contributed by atoms with Gasteiger partial charge in [-0.1, -0.05) is 0 Å². The van der Waals surface area contributed by atoms with Crippen molar-refractivity contribution < 1.29 is 9.59 Å². The second kappa shape index (κ2) is 6.38. The minimum absolute atomic E-state index is 0. The van der Waals surface area contributed by atoms with E-state index in [1.165, 1.54) is 0 Å². The summed E-state index contributed by atoms with van der Waals surface area (Å²) in [4.78, 5) is 25.7. The zero-order valence-electron chi connectivity index (χ0n) is 10.9. The van der Waals surface area contributed by atoms with Crippen molar-refractivity contribution in [2.45, 2.75) is 51.2 Å². The Kier molecular flexibility index (Phi) is 5.41. The fourth-order valence-electron chi connectivity index (χ4n) is 2.53. The highest BCUT2D eigenvalue weighted by molar-refractivity contribution is 5.91. The molecule has 0 aromatic carbocycles. The van der Waals surface area contributed by atoms with Crippen molar-refractivity contribution in [3.8, 4) is 0 Å². The van der Waals surface area contributed by atoms with Gasteiger partial charge in [-0.3, -0.25) is 9.59 Å². The second-order valence-electron chi connectivity index (χ2n) is 5.12. The molecule has 0 aromatic rings. The monoisotopic (exact) mass is 275 g/mol. The molecule has 0 radical (unpaired) electrons. The Bertz CT molecular complexity index is 316. The first-order valence-electron chi connectivity index (χ1n) is 6.44. The first-order valence-corrected chi connectivity index (χ1v) is 6.44.